The van der Waals surface area contributed by atoms with Crippen LogP contribution in [0.5, 0.6) is 0 Å². The van der Waals surface area contributed by atoms with Crippen molar-refractivity contribution in [2.24, 2.45) is 0 Å². The molecule has 1 unspecified atom stereocenters. The van der Waals surface area contributed by atoms with E-state index >= 15 is 0 Å². The molecule has 0 saturated heterocycles. The molecule has 0 aliphatic heterocycles. The van der Waals surface area contributed by atoms with Crippen LogP contribution < -0.4 is 5.73 Å². The fourth-order valence-corrected chi connectivity index (χ4v) is 1.92. The summed E-state index contributed by atoms with van der Waals surface area (Å²) in [6, 6.07) is 14.5. The smallest absolute Gasteiger partial charge is 0.292 e. The number of para-hydroxylation sites is 1. The van der Waals surface area contributed by atoms with E-state index in [1.165, 1.54) is 6.07 Å². The summed E-state index contributed by atoms with van der Waals surface area (Å²) >= 11 is 0. The van der Waals surface area contributed by atoms with Crippen LogP contribution in [0, 0.1) is 10.1 Å². The molecule has 0 aromatic heterocycles. The Labute approximate surface area is 117 Å². The van der Waals surface area contributed by atoms with Crippen molar-refractivity contribution in [3.05, 3.63) is 69.8 Å². The molecule has 2 aromatic carbocycles. The fourth-order valence-electron chi connectivity index (χ4n) is 1.92. The predicted octanol–water partition coefficient (Wildman–Crippen LogP) is 3.45. The Kier molecular flexibility index (Phi) is 4.32. The minimum absolute atomic E-state index is 0.0848. The number of nitrogen functional groups attached to an aromatic ring is 1. The second-order valence-corrected chi connectivity index (χ2v) is 4.47. The van der Waals surface area contributed by atoms with E-state index < -0.39 is 4.92 Å². The van der Waals surface area contributed by atoms with E-state index in [1.54, 1.807) is 12.1 Å². The third-order valence-electron chi connectivity index (χ3n) is 3.13. The molecule has 0 aliphatic rings. The number of benzene rings is 2. The average Bonchev–Trinajstić information content (AvgIpc) is 2.46. The van der Waals surface area contributed by atoms with Gasteiger partial charge in [0.2, 0.25) is 0 Å². The number of hydrogen-bond donors (Lipinski definition) is 1. The maximum absolute atomic E-state index is 10.8. The molecule has 104 valence electrons. The molecule has 0 spiro atoms. The topological polar surface area (TPSA) is 78.4 Å². The molecule has 0 radical (unpaired) electrons. The van der Waals surface area contributed by atoms with Gasteiger partial charge in [-0.25, -0.2) is 0 Å². The molecular weight excluding hydrogens is 256 g/mol. The Balaban J connectivity index is 2.08. The van der Waals surface area contributed by atoms with Crippen LogP contribution in [0.3, 0.4) is 0 Å². The van der Waals surface area contributed by atoms with Crippen molar-refractivity contribution in [2.45, 2.75) is 19.6 Å². The van der Waals surface area contributed by atoms with Gasteiger partial charge in [-0.15, -0.1) is 0 Å². The van der Waals surface area contributed by atoms with Crippen LogP contribution >= 0.6 is 0 Å². The zero-order valence-corrected chi connectivity index (χ0v) is 11.2. The summed E-state index contributed by atoms with van der Waals surface area (Å²) in [5.41, 5.74) is 7.55. The summed E-state index contributed by atoms with van der Waals surface area (Å²) in [5, 5.41) is 10.8. The zero-order valence-electron chi connectivity index (χ0n) is 11.2. The molecule has 5 heteroatoms. The average molecular weight is 272 g/mol. The van der Waals surface area contributed by atoms with Gasteiger partial charge in [0.1, 0.15) is 5.69 Å². The summed E-state index contributed by atoms with van der Waals surface area (Å²) < 4.78 is 5.73. The second kappa shape index (κ2) is 6.16. The lowest BCUT2D eigenvalue weighted by molar-refractivity contribution is -0.384. The van der Waals surface area contributed by atoms with Crippen LogP contribution in [0.25, 0.3) is 0 Å². The van der Waals surface area contributed by atoms with Crippen molar-refractivity contribution in [3.63, 3.8) is 0 Å². The van der Waals surface area contributed by atoms with Gasteiger partial charge in [-0.2, -0.15) is 0 Å². The Morgan fingerprint density at radius 3 is 2.55 bits per heavy atom. The number of anilines is 1. The lowest BCUT2D eigenvalue weighted by Gasteiger charge is -2.14. The zero-order chi connectivity index (χ0) is 14.5. The number of nitrogens with two attached hydrogens (primary N) is 1. The quantitative estimate of drug-likeness (QED) is 0.513. The first-order valence-corrected chi connectivity index (χ1v) is 6.28. The third-order valence-corrected chi connectivity index (χ3v) is 3.13. The third kappa shape index (κ3) is 3.13. The van der Waals surface area contributed by atoms with E-state index in [0.717, 1.165) is 5.56 Å². The van der Waals surface area contributed by atoms with Gasteiger partial charge in [0.25, 0.3) is 5.69 Å². The molecule has 0 fully saturated rings. The van der Waals surface area contributed by atoms with E-state index in [-0.39, 0.29) is 24.1 Å². The van der Waals surface area contributed by atoms with Gasteiger partial charge in [-0.1, -0.05) is 42.5 Å². The highest BCUT2D eigenvalue weighted by Gasteiger charge is 2.15. The van der Waals surface area contributed by atoms with Crippen LogP contribution in [-0.4, -0.2) is 4.92 Å². The lowest BCUT2D eigenvalue weighted by Crippen LogP contribution is -2.04. The van der Waals surface area contributed by atoms with Crippen molar-refractivity contribution in [2.75, 3.05) is 5.73 Å². The van der Waals surface area contributed by atoms with E-state index in [0.29, 0.717) is 5.56 Å². The van der Waals surface area contributed by atoms with Gasteiger partial charge < -0.3 is 10.5 Å². The molecule has 0 amide bonds. The van der Waals surface area contributed by atoms with Gasteiger partial charge in [0, 0.05) is 11.6 Å². The van der Waals surface area contributed by atoms with Crippen LogP contribution in [0.15, 0.2) is 48.5 Å². The SMILES string of the molecule is CC(OCc1cccc([N+](=O)[O-])c1N)c1ccccc1. The fraction of sp³-hybridized carbons (Fsp3) is 0.200. The molecule has 0 saturated carbocycles. The molecule has 2 rings (SSSR count). The molecule has 20 heavy (non-hydrogen) atoms. The second-order valence-electron chi connectivity index (χ2n) is 4.47. The monoisotopic (exact) mass is 272 g/mol. The van der Waals surface area contributed by atoms with E-state index in [1.807, 2.05) is 37.3 Å². The van der Waals surface area contributed by atoms with Crippen molar-refractivity contribution in [1.82, 2.24) is 0 Å². The van der Waals surface area contributed by atoms with Gasteiger partial charge >= 0.3 is 0 Å². The van der Waals surface area contributed by atoms with Crippen molar-refractivity contribution >= 4 is 11.4 Å². The highest BCUT2D eigenvalue weighted by atomic mass is 16.6. The molecule has 0 aliphatic carbocycles. The first-order valence-electron chi connectivity index (χ1n) is 6.28. The highest BCUT2D eigenvalue weighted by molar-refractivity contribution is 5.62. The van der Waals surface area contributed by atoms with E-state index in [4.69, 9.17) is 10.5 Å². The van der Waals surface area contributed by atoms with E-state index in [9.17, 15) is 10.1 Å². The number of nitro groups is 1. The minimum atomic E-state index is -0.487. The lowest BCUT2D eigenvalue weighted by atomic mass is 10.1. The van der Waals surface area contributed by atoms with E-state index in [2.05, 4.69) is 0 Å². The first-order chi connectivity index (χ1) is 9.59. The van der Waals surface area contributed by atoms with Crippen LogP contribution in [0.1, 0.15) is 24.2 Å². The Bertz CT molecular complexity index is 599. The van der Waals surface area contributed by atoms with Gasteiger partial charge in [0.15, 0.2) is 0 Å². The van der Waals surface area contributed by atoms with Crippen molar-refractivity contribution in [3.8, 4) is 0 Å². The summed E-state index contributed by atoms with van der Waals surface area (Å²) in [4.78, 5) is 10.3. The molecule has 0 bridgehead atoms. The number of nitrogens with zero attached hydrogens (tertiary/aromatic N) is 1. The highest BCUT2D eigenvalue weighted by Crippen LogP contribution is 2.27. The Morgan fingerprint density at radius 1 is 1.20 bits per heavy atom. The Hall–Kier alpha value is -2.40. The summed E-state index contributed by atoms with van der Waals surface area (Å²) in [7, 11) is 0. The molecule has 0 heterocycles. The van der Waals surface area contributed by atoms with Crippen molar-refractivity contribution in [1.29, 1.82) is 0 Å². The standard InChI is InChI=1S/C15H16N2O3/c1-11(12-6-3-2-4-7-12)20-10-13-8-5-9-14(15(13)16)17(18)19/h2-9,11H,10,16H2,1H3. The summed E-state index contributed by atoms with van der Waals surface area (Å²) in [5.74, 6) is 0. The summed E-state index contributed by atoms with van der Waals surface area (Å²) in [6.45, 7) is 2.17. The van der Waals surface area contributed by atoms with Crippen molar-refractivity contribution < 1.29 is 9.66 Å². The molecule has 1 atom stereocenters. The number of hydrogen-bond acceptors (Lipinski definition) is 4. The number of nitro benzene ring substituents is 1. The van der Waals surface area contributed by atoms with Crippen LogP contribution in [0.2, 0.25) is 0 Å². The van der Waals surface area contributed by atoms with Crippen LogP contribution in [-0.2, 0) is 11.3 Å². The minimum Gasteiger partial charge on any atom is -0.393 e. The maximum Gasteiger partial charge on any atom is 0.292 e. The van der Waals surface area contributed by atoms with Gasteiger partial charge in [0.05, 0.1) is 17.6 Å². The molecule has 2 N–H and O–H groups in total. The number of ether oxygens (including phenoxy) is 1. The largest absolute Gasteiger partial charge is 0.393 e. The van der Waals surface area contributed by atoms with Crippen LogP contribution in [0.4, 0.5) is 11.4 Å². The normalized spacial score (nSPS) is 12.1. The van der Waals surface area contributed by atoms with Gasteiger partial charge in [-0.3, -0.25) is 10.1 Å². The van der Waals surface area contributed by atoms with Gasteiger partial charge in [-0.05, 0) is 12.5 Å². The summed E-state index contributed by atoms with van der Waals surface area (Å²) in [6.07, 6.45) is -0.102. The molecule has 2 aromatic rings. The number of rotatable bonds is 5. The Morgan fingerprint density at radius 2 is 1.90 bits per heavy atom. The molecular formula is C15H16N2O3. The first kappa shape index (κ1) is 14.0. The molecule has 5 nitrogen and oxygen atoms in total. The maximum atomic E-state index is 10.8. The predicted molar refractivity (Wildman–Crippen MR) is 77.2 cm³/mol.